The fourth-order valence-electron chi connectivity index (χ4n) is 2.13. The molecular formula is C15H21BO5. The first-order chi connectivity index (χ1) is 9.71. The van der Waals surface area contributed by atoms with E-state index >= 15 is 0 Å². The lowest BCUT2D eigenvalue weighted by atomic mass is 9.77. The number of benzene rings is 1. The van der Waals surface area contributed by atoms with Crippen molar-refractivity contribution in [1.82, 2.24) is 0 Å². The lowest BCUT2D eigenvalue weighted by Gasteiger charge is -2.32. The first-order valence-corrected chi connectivity index (χ1v) is 6.84. The third-order valence-corrected chi connectivity index (χ3v) is 4.16. The standard InChI is InChI=1S/C15H21BO5/c1-14(2)15(3,4)21-16(20-14)11-9-10(13(17)19-6)7-8-12(11)18-5/h7-9H,1-6H3. The van der Waals surface area contributed by atoms with E-state index in [4.69, 9.17) is 18.8 Å². The van der Waals surface area contributed by atoms with E-state index < -0.39 is 24.3 Å². The highest BCUT2D eigenvalue weighted by atomic mass is 16.7. The maximum absolute atomic E-state index is 11.7. The van der Waals surface area contributed by atoms with Crippen molar-refractivity contribution in [2.24, 2.45) is 0 Å². The molecule has 6 heteroatoms. The zero-order valence-electron chi connectivity index (χ0n) is 13.4. The molecule has 2 rings (SSSR count). The minimum Gasteiger partial charge on any atom is -0.497 e. The van der Waals surface area contributed by atoms with Crippen LogP contribution >= 0.6 is 0 Å². The molecule has 1 aromatic carbocycles. The van der Waals surface area contributed by atoms with Crippen molar-refractivity contribution >= 4 is 18.6 Å². The Balaban J connectivity index is 2.41. The van der Waals surface area contributed by atoms with Crippen LogP contribution in [-0.4, -0.2) is 38.5 Å². The van der Waals surface area contributed by atoms with E-state index in [1.807, 2.05) is 27.7 Å². The summed E-state index contributed by atoms with van der Waals surface area (Å²) < 4.78 is 22.1. The van der Waals surface area contributed by atoms with Gasteiger partial charge in [-0.2, -0.15) is 0 Å². The predicted octanol–water partition coefficient (Wildman–Crippen LogP) is 1.78. The molecule has 0 radical (unpaired) electrons. The average Bonchev–Trinajstić information content (AvgIpc) is 2.65. The van der Waals surface area contributed by atoms with Gasteiger partial charge in [-0.3, -0.25) is 0 Å². The molecule has 1 fully saturated rings. The minimum absolute atomic E-state index is 0.407. The smallest absolute Gasteiger partial charge is 0.497 e. The molecule has 5 nitrogen and oxygen atoms in total. The van der Waals surface area contributed by atoms with Crippen LogP contribution in [0.4, 0.5) is 0 Å². The van der Waals surface area contributed by atoms with Crippen molar-refractivity contribution in [3.8, 4) is 5.75 Å². The Morgan fingerprint density at radius 3 is 2.14 bits per heavy atom. The summed E-state index contributed by atoms with van der Waals surface area (Å²) in [6.45, 7) is 7.90. The van der Waals surface area contributed by atoms with Gasteiger partial charge in [0.2, 0.25) is 0 Å². The first kappa shape index (κ1) is 15.9. The highest BCUT2D eigenvalue weighted by Crippen LogP contribution is 2.37. The number of hydrogen-bond acceptors (Lipinski definition) is 5. The van der Waals surface area contributed by atoms with Gasteiger partial charge >= 0.3 is 13.1 Å². The van der Waals surface area contributed by atoms with E-state index in [0.717, 1.165) is 0 Å². The fourth-order valence-corrected chi connectivity index (χ4v) is 2.13. The summed E-state index contributed by atoms with van der Waals surface area (Å²) in [5, 5.41) is 0. The molecule has 1 saturated heterocycles. The maximum Gasteiger partial charge on any atom is 0.498 e. The van der Waals surface area contributed by atoms with Gasteiger partial charge in [0.05, 0.1) is 31.0 Å². The molecule has 0 aromatic heterocycles. The highest BCUT2D eigenvalue weighted by molar-refractivity contribution is 6.63. The van der Waals surface area contributed by atoms with Crippen molar-refractivity contribution in [1.29, 1.82) is 0 Å². The van der Waals surface area contributed by atoms with Crippen molar-refractivity contribution in [2.45, 2.75) is 38.9 Å². The Hall–Kier alpha value is -1.53. The van der Waals surface area contributed by atoms with Gasteiger partial charge in [0.1, 0.15) is 5.75 Å². The molecule has 0 unspecified atom stereocenters. The molecule has 0 aliphatic carbocycles. The van der Waals surface area contributed by atoms with Crippen molar-refractivity contribution in [3.05, 3.63) is 23.8 Å². The first-order valence-electron chi connectivity index (χ1n) is 6.84. The van der Waals surface area contributed by atoms with Gasteiger partial charge in [-0.05, 0) is 45.9 Å². The second-order valence-electron chi connectivity index (χ2n) is 6.04. The topological polar surface area (TPSA) is 54.0 Å². The summed E-state index contributed by atoms with van der Waals surface area (Å²) in [6, 6.07) is 5.05. The summed E-state index contributed by atoms with van der Waals surface area (Å²) in [6.07, 6.45) is 0. The van der Waals surface area contributed by atoms with E-state index in [2.05, 4.69) is 0 Å². The Bertz CT molecular complexity index is 537. The van der Waals surface area contributed by atoms with Crippen LogP contribution in [0.15, 0.2) is 18.2 Å². The van der Waals surface area contributed by atoms with Crippen LogP contribution in [0.5, 0.6) is 5.75 Å². The SMILES string of the molecule is COC(=O)c1ccc(OC)c(B2OC(C)(C)C(C)(C)O2)c1. The van der Waals surface area contributed by atoms with Gasteiger partial charge in [0, 0.05) is 5.46 Å². The molecule has 0 atom stereocenters. The molecular weight excluding hydrogens is 271 g/mol. The van der Waals surface area contributed by atoms with Crippen molar-refractivity contribution in [3.63, 3.8) is 0 Å². The molecule has 1 aliphatic rings. The number of carbonyl (C=O) groups is 1. The minimum atomic E-state index is -0.588. The van der Waals surface area contributed by atoms with Crippen LogP contribution < -0.4 is 10.2 Å². The Labute approximate surface area is 125 Å². The molecule has 0 amide bonds. The van der Waals surface area contributed by atoms with E-state index in [9.17, 15) is 4.79 Å². The molecule has 114 valence electrons. The third-order valence-electron chi connectivity index (χ3n) is 4.16. The van der Waals surface area contributed by atoms with Gasteiger partial charge in [0.15, 0.2) is 0 Å². The summed E-state index contributed by atoms with van der Waals surface area (Å²) >= 11 is 0. The van der Waals surface area contributed by atoms with Gasteiger partial charge in [0.25, 0.3) is 0 Å². The fraction of sp³-hybridized carbons (Fsp3) is 0.533. The lowest BCUT2D eigenvalue weighted by Crippen LogP contribution is -2.41. The summed E-state index contributed by atoms with van der Waals surface area (Å²) in [5.74, 6) is 0.205. The number of esters is 1. The van der Waals surface area contributed by atoms with E-state index in [1.54, 1.807) is 25.3 Å². The molecule has 1 heterocycles. The molecule has 1 aromatic rings. The Kier molecular flexibility index (Phi) is 4.04. The van der Waals surface area contributed by atoms with Crippen LogP contribution in [0.2, 0.25) is 0 Å². The number of methoxy groups -OCH3 is 2. The van der Waals surface area contributed by atoms with Gasteiger partial charge in [-0.15, -0.1) is 0 Å². The average molecular weight is 292 g/mol. The third kappa shape index (κ3) is 2.78. The van der Waals surface area contributed by atoms with Gasteiger partial charge < -0.3 is 18.8 Å². The molecule has 0 bridgehead atoms. The largest absolute Gasteiger partial charge is 0.498 e. The molecule has 0 spiro atoms. The number of ether oxygens (including phenoxy) is 2. The molecule has 21 heavy (non-hydrogen) atoms. The van der Waals surface area contributed by atoms with E-state index in [0.29, 0.717) is 16.8 Å². The van der Waals surface area contributed by atoms with Crippen molar-refractivity contribution < 1.29 is 23.6 Å². The van der Waals surface area contributed by atoms with E-state index in [-0.39, 0.29) is 0 Å². The van der Waals surface area contributed by atoms with Gasteiger partial charge in [-0.25, -0.2) is 4.79 Å². The van der Waals surface area contributed by atoms with E-state index in [1.165, 1.54) is 7.11 Å². The molecule has 1 aliphatic heterocycles. The lowest BCUT2D eigenvalue weighted by molar-refractivity contribution is 0.00578. The predicted molar refractivity (Wildman–Crippen MR) is 80.0 cm³/mol. The Morgan fingerprint density at radius 2 is 1.67 bits per heavy atom. The normalized spacial score (nSPS) is 19.4. The van der Waals surface area contributed by atoms with Crippen LogP contribution in [0.25, 0.3) is 0 Å². The van der Waals surface area contributed by atoms with Crippen LogP contribution in [0.1, 0.15) is 38.1 Å². The summed E-state index contributed by atoms with van der Waals surface area (Å²) in [5.41, 5.74) is 0.204. The van der Waals surface area contributed by atoms with Crippen molar-refractivity contribution in [2.75, 3.05) is 14.2 Å². The second kappa shape index (κ2) is 5.35. The maximum atomic E-state index is 11.7. The summed E-state index contributed by atoms with van der Waals surface area (Å²) in [7, 11) is 2.33. The number of rotatable bonds is 3. The highest BCUT2D eigenvalue weighted by Gasteiger charge is 2.52. The van der Waals surface area contributed by atoms with Gasteiger partial charge in [-0.1, -0.05) is 0 Å². The molecule has 0 N–H and O–H groups in total. The quantitative estimate of drug-likeness (QED) is 0.628. The summed E-state index contributed by atoms with van der Waals surface area (Å²) in [4.78, 5) is 11.7. The monoisotopic (exact) mass is 292 g/mol. The molecule has 0 saturated carbocycles. The number of carbonyl (C=O) groups excluding carboxylic acids is 1. The van der Waals surface area contributed by atoms with Crippen LogP contribution in [0.3, 0.4) is 0 Å². The number of hydrogen-bond donors (Lipinski definition) is 0. The zero-order valence-corrected chi connectivity index (χ0v) is 13.4. The second-order valence-corrected chi connectivity index (χ2v) is 6.04. The van der Waals surface area contributed by atoms with Crippen LogP contribution in [0, 0.1) is 0 Å². The zero-order chi connectivity index (χ0) is 15.8. The Morgan fingerprint density at radius 1 is 1.10 bits per heavy atom. The van der Waals surface area contributed by atoms with Crippen LogP contribution in [-0.2, 0) is 14.0 Å².